The van der Waals surface area contributed by atoms with Crippen LogP contribution in [0.3, 0.4) is 0 Å². The van der Waals surface area contributed by atoms with E-state index >= 15 is 0 Å². The second-order valence-electron chi connectivity index (χ2n) is 2.64. The number of ether oxygens (including phenoxy) is 1. The van der Waals surface area contributed by atoms with Gasteiger partial charge in [-0.3, -0.25) is 4.79 Å². The minimum Gasteiger partial charge on any atom is -0.468 e. The highest BCUT2D eigenvalue weighted by Gasteiger charge is 2.29. The summed E-state index contributed by atoms with van der Waals surface area (Å²) in [6.45, 7) is 0.322. The van der Waals surface area contributed by atoms with Gasteiger partial charge in [0.25, 0.3) is 0 Å². The number of hydrogen-bond donors (Lipinski definition) is 1. The fourth-order valence-electron chi connectivity index (χ4n) is 1.08. The van der Waals surface area contributed by atoms with E-state index < -0.39 is 21.8 Å². The van der Waals surface area contributed by atoms with Crippen molar-refractivity contribution in [2.45, 2.75) is 6.04 Å². The Morgan fingerprint density at radius 2 is 2.25 bits per heavy atom. The quantitative estimate of drug-likeness (QED) is 0.516. The molecule has 0 aliphatic carbocycles. The molecule has 1 N–H and O–H groups in total. The summed E-state index contributed by atoms with van der Waals surface area (Å²) in [5.41, 5.74) is 0. The Balaban J connectivity index is 2.64. The van der Waals surface area contributed by atoms with E-state index in [2.05, 4.69) is 10.1 Å². The average Bonchev–Trinajstić information content (AvgIpc) is 2.01. The lowest BCUT2D eigenvalue weighted by molar-refractivity contribution is -0.142. The van der Waals surface area contributed by atoms with Crippen molar-refractivity contribution >= 4 is 15.8 Å². The topological polar surface area (TPSA) is 72.5 Å². The number of nitrogens with one attached hydrogen (secondary N) is 1. The summed E-state index contributed by atoms with van der Waals surface area (Å²) in [5, 5.41) is 2.77. The van der Waals surface area contributed by atoms with Crippen molar-refractivity contribution in [3.05, 3.63) is 0 Å². The van der Waals surface area contributed by atoms with Crippen molar-refractivity contribution in [3.8, 4) is 0 Å². The molecule has 5 nitrogen and oxygen atoms in total. The van der Waals surface area contributed by atoms with Crippen LogP contribution >= 0.6 is 0 Å². The van der Waals surface area contributed by atoms with Gasteiger partial charge in [-0.2, -0.15) is 0 Å². The van der Waals surface area contributed by atoms with Crippen LogP contribution in [0.1, 0.15) is 0 Å². The van der Waals surface area contributed by atoms with E-state index in [1.54, 1.807) is 0 Å². The maximum Gasteiger partial charge on any atom is 0.323 e. The summed E-state index contributed by atoms with van der Waals surface area (Å²) >= 11 is 0. The Labute approximate surface area is 71.0 Å². The van der Waals surface area contributed by atoms with Gasteiger partial charge in [-0.05, 0) is 0 Å². The zero-order valence-electron chi connectivity index (χ0n) is 6.74. The first kappa shape index (κ1) is 9.47. The Hall–Kier alpha value is -0.620. The fourth-order valence-corrected chi connectivity index (χ4v) is 2.44. The number of esters is 1. The normalized spacial score (nSPS) is 27.9. The molecule has 0 radical (unpaired) electrons. The zero-order valence-corrected chi connectivity index (χ0v) is 7.56. The lowest BCUT2D eigenvalue weighted by Gasteiger charge is -2.20. The van der Waals surface area contributed by atoms with E-state index in [0.29, 0.717) is 6.54 Å². The molecule has 0 saturated carbocycles. The number of carbonyl (C=O) groups is 1. The van der Waals surface area contributed by atoms with Crippen LogP contribution in [-0.2, 0) is 19.4 Å². The van der Waals surface area contributed by atoms with Gasteiger partial charge in [-0.15, -0.1) is 0 Å². The molecule has 1 atom stereocenters. The van der Waals surface area contributed by atoms with Crippen molar-refractivity contribution in [3.63, 3.8) is 0 Å². The highest BCUT2D eigenvalue weighted by molar-refractivity contribution is 7.91. The Kier molecular flexibility index (Phi) is 2.69. The third kappa shape index (κ3) is 2.18. The van der Waals surface area contributed by atoms with Gasteiger partial charge in [-0.1, -0.05) is 0 Å². The van der Waals surface area contributed by atoms with E-state index in [9.17, 15) is 13.2 Å². The molecule has 0 spiro atoms. The van der Waals surface area contributed by atoms with Gasteiger partial charge >= 0.3 is 5.97 Å². The van der Waals surface area contributed by atoms with Crippen LogP contribution in [0, 0.1) is 0 Å². The van der Waals surface area contributed by atoms with Gasteiger partial charge in [-0.25, -0.2) is 8.42 Å². The van der Waals surface area contributed by atoms with Gasteiger partial charge in [0.05, 0.1) is 18.6 Å². The van der Waals surface area contributed by atoms with Crippen molar-refractivity contribution in [1.82, 2.24) is 5.32 Å². The van der Waals surface area contributed by atoms with Gasteiger partial charge in [0.15, 0.2) is 9.84 Å². The van der Waals surface area contributed by atoms with Crippen molar-refractivity contribution in [2.24, 2.45) is 0 Å². The number of rotatable bonds is 1. The molecular formula is C6H11NO4S. The smallest absolute Gasteiger partial charge is 0.323 e. The SMILES string of the molecule is COC(=O)[C@H]1CS(=O)(=O)CCN1. The third-order valence-electron chi connectivity index (χ3n) is 1.71. The minimum atomic E-state index is -3.05. The monoisotopic (exact) mass is 193 g/mol. The first-order valence-corrected chi connectivity index (χ1v) is 5.39. The fraction of sp³-hybridized carbons (Fsp3) is 0.833. The van der Waals surface area contributed by atoms with Crippen LogP contribution in [0.15, 0.2) is 0 Å². The molecule has 1 fully saturated rings. The number of sulfone groups is 1. The van der Waals surface area contributed by atoms with Crippen LogP contribution in [0.25, 0.3) is 0 Å². The summed E-state index contributed by atoms with van der Waals surface area (Å²) in [6.07, 6.45) is 0. The van der Waals surface area contributed by atoms with Gasteiger partial charge in [0.2, 0.25) is 0 Å². The molecule has 1 aliphatic heterocycles. The predicted octanol–water partition coefficient (Wildman–Crippen LogP) is -1.45. The van der Waals surface area contributed by atoms with E-state index in [0.717, 1.165) is 0 Å². The van der Waals surface area contributed by atoms with Gasteiger partial charge in [0.1, 0.15) is 6.04 Å². The Bertz CT molecular complexity index is 271. The summed E-state index contributed by atoms with van der Waals surface area (Å²) in [6, 6.07) is -0.686. The number of carbonyl (C=O) groups excluding carboxylic acids is 1. The van der Waals surface area contributed by atoms with Crippen LogP contribution in [0.4, 0.5) is 0 Å². The highest BCUT2D eigenvalue weighted by atomic mass is 32.2. The maximum atomic E-state index is 11.0. The zero-order chi connectivity index (χ0) is 9.19. The van der Waals surface area contributed by atoms with E-state index in [1.807, 2.05) is 0 Å². The first-order chi connectivity index (χ1) is 5.55. The lowest BCUT2D eigenvalue weighted by Crippen LogP contribution is -2.49. The molecule has 0 bridgehead atoms. The summed E-state index contributed by atoms with van der Waals surface area (Å²) < 4.78 is 26.5. The molecule has 0 unspecified atom stereocenters. The molecule has 0 aromatic heterocycles. The van der Waals surface area contributed by atoms with Crippen LogP contribution < -0.4 is 5.32 Å². The lowest BCUT2D eigenvalue weighted by atomic mass is 10.3. The molecule has 0 aromatic rings. The highest BCUT2D eigenvalue weighted by Crippen LogP contribution is 2.02. The second kappa shape index (κ2) is 3.40. The molecule has 70 valence electrons. The molecule has 1 saturated heterocycles. The average molecular weight is 193 g/mol. The number of methoxy groups -OCH3 is 1. The molecule has 0 aromatic carbocycles. The van der Waals surface area contributed by atoms with Gasteiger partial charge < -0.3 is 10.1 Å². The molecule has 6 heteroatoms. The Morgan fingerprint density at radius 3 is 2.75 bits per heavy atom. The largest absolute Gasteiger partial charge is 0.468 e. The van der Waals surface area contributed by atoms with Crippen molar-refractivity contribution in [2.75, 3.05) is 25.2 Å². The molecular weight excluding hydrogens is 182 g/mol. The molecule has 0 amide bonds. The molecule has 1 heterocycles. The second-order valence-corrected chi connectivity index (χ2v) is 4.87. The summed E-state index contributed by atoms with van der Waals surface area (Å²) in [7, 11) is -1.81. The maximum absolute atomic E-state index is 11.0. The van der Waals surface area contributed by atoms with Crippen LogP contribution in [0.2, 0.25) is 0 Å². The number of hydrogen-bond acceptors (Lipinski definition) is 5. The van der Waals surface area contributed by atoms with Gasteiger partial charge in [0, 0.05) is 6.54 Å². The standard InChI is InChI=1S/C6H11NO4S/c1-11-6(8)5-4-12(9,10)3-2-7-5/h5,7H,2-4H2,1H3/t5-/m1/s1. The van der Waals surface area contributed by atoms with E-state index in [-0.39, 0.29) is 11.5 Å². The summed E-state index contributed by atoms with van der Waals surface area (Å²) in [4.78, 5) is 10.9. The summed E-state index contributed by atoms with van der Waals surface area (Å²) in [5.74, 6) is -0.571. The first-order valence-electron chi connectivity index (χ1n) is 3.57. The van der Waals surface area contributed by atoms with E-state index in [1.165, 1.54) is 7.11 Å². The minimum absolute atomic E-state index is 0.0977. The van der Waals surface area contributed by atoms with Crippen molar-refractivity contribution < 1.29 is 17.9 Å². The Morgan fingerprint density at radius 1 is 1.58 bits per heavy atom. The van der Waals surface area contributed by atoms with Crippen LogP contribution in [0.5, 0.6) is 0 Å². The van der Waals surface area contributed by atoms with Crippen LogP contribution in [-0.4, -0.2) is 45.6 Å². The van der Waals surface area contributed by atoms with E-state index in [4.69, 9.17) is 0 Å². The third-order valence-corrected chi connectivity index (χ3v) is 3.38. The molecule has 1 rings (SSSR count). The van der Waals surface area contributed by atoms with Crippen molar-refractivity contribution in [1.29, 1.82) is 0 Å². The predicted molar refractivity (Wildman–Crippen MR) is 42.5 cm³/mol. The molecule has 1 aliphatic rings. The molecule has 12 heavy (non-hydrogen) atoms.